The Morgan fingerprint density at radius 1 is 1.15 bits per heavy atom. The lowest BCUT2D eigenvalue weighted by molar-refractivity contribution is -0.0494. The van der Waals surface area contributed by atoms with Gasteiger partial charge in [0.15, 0.2) is 5.82 Å². The molecular weight excluding hydrogens is 286 g/mol. The largest absolute Gasteiger partial charge is 0.434 e. The Bertz CT molecular complexity index is 605. The molecule has 1 aromatic carbocycles. The van der Waals surface area contributed by atoms with Gasteiger partial charge >= 0.3 is 6.61 Å². The van der Waals surface area contributed by atoms with Crippen LogP contribution in [0.1, 0.15) is 25.5 Å². The molecule has 0 N–H and O–H groups in total. The average molecular weight is 299 g/mol. The minimum absolute atomic E-state index is 0.0273. The molecule has 6 heteroatoms. The molecule has 0 bridgehead atoms. The van der Waals surface area contributed by atoms with Crippen LogP contribution in [0.25, 0.3) is 11.4 Å². The molecule has 1 aromatic heterocycles. The average Bonchev–Trinajstić information content (AvgIpc) is 2.37. The van der Waals surface area contributed by atoms with E-state index in [0.717, 1.165) is 5.69 Å². The first-order valence-electron chi connectivity index (χ1n) is 6.06. The lowest BCUT2D eigenvalue weighted by Gasteiger charge is -2.11. The number of halogens is 3. The standard InChI is InChI=1S/C14H13ClF2N2O/c1-8(2)10-7-12(15)19-13(18-10)9-5-3-4-6-11(9)20-14(16)17/h3-8,14H,1-2H3. The Morgan fingerprint density at radius 2 is 1.85 bits per heavy atom. The number of ether oxygens (including phenoxy) is 1. The number of aromatic nitrogens is 2. The number of hydrogen-bond acceptors (Lipinski definition) is 3. The van der Waals surface area contributed by atoms with Crippen LogP contribution in [0.15, 0.2) is 30.3 Å². The quantitative estimate of drug-likeness (QED) is 0.778. The Kier molecular flexibility index (Phi) is 4.49. The van der Waals surface area contributed by atoms with Gasteiger partial charge in [-0.2, -0.15) is 8.78 Å². The third kappa shape index (κ3) is 3.42. The molecule has 0 aliphatic heterocycles. The van der Waals surface area contributed by atoms with E-state index in [9.17, 15) is 8.78 Å². The molecule has 1 heterocycles. The van der Waals surface area contributed by atoms with Crippen molar-refractivity contribution in [1.29, 1.82) is 0 Å². The van der Waals surface area contributed by atoms with E-state index in [1.807, 2.05) is 13.8 Å². The van der Waals surface area contributed by atoms with Gasteiger partial charge in [0.2, 0.25) is 0 Å². The fraction of sp³-hybridized carbons (Fsp3) is 0.286. The van der Waals surface area contributed by atoms with Crippen LogP contribution in [0.3, 0.4) is 0 Å². The van der Waals surface area contributed by atoms with E-state index in [0.29, 0.717) is 5.56 Å². The maximum absolute atomic E-state index is 12.4. The van der Waals surface area contributed by atoms with Gasteiger partial charge in [0.1, 0.15) is 10.9 Å². The van der Waals surface area contributed by atoms with Gasteiger partial charge in [0, 0.05) is 5.69 Å². The molecule has 3 nitrogen and oxygen atoms in total. The van der Waals surface area contributed by atoms with Crippen molar-refractivity contribution in [2.45, 2.75) is 26.4 Å². The molecule has 0 amide bonds. The molecule has 0 saturated carbocycles. The summed E-state index contributed by atoms with van der Waals surface area (Å²) in [6.45, 7) is 1.02. The molecule has 0 aliphatic carbocycles. The van der Waals surface area contributed by atoms with Gasteiger partial charge in [0.05, 0.1) is 5.56 Å². The van der Waals surface area contributed by atoms with E-state index in [1.54, 1.807) is 24.3 Å². The number of para-hydroxylation sites is 1. The monoisotopic (exact) mass is 298 g/mol. The number of nitrogens with zero attached hydrogens (tertiary/aromatic N) is 2. The van der Waals surface area contributed by atoms with Gasteiger partial charge < -0.3 is 4.74 Å². The number of hydrogen-bond donors (Lipinski definition) is 0. The van der Waals surface area contributed by atoms with Crippen molar-refractivity contribution in [3.63, 3.8) is 0 Å². The van der Waals surface area contributed by atoms with E-state index < -0.39 is 6.61 Å². The zero-order valence-electron chi connectivity index (χ0n) is 11.0. The molecule has 0 atom stereocenters. The second kappa shape index (κ2) is 6.13. The smallest absolute Gasteiger partial charge is 0.387 e. The molecule has 0 fully saturated rings. The maximum Gasteiger partial charge on any atom is 0.387 e. The molecule has 0 aliphatic rings. The highest BCUT2D eigenvalue weighted by Gasteiger charge is 2.15. The molecule has 0 unspecified atom stereocenters. The second-order valence-corrected chi connectivity index (χ2v) is 4.86. The van der Waals surface area contributed by atoms with Crippen molar-refractivity contribution < 1.29 is 13.5 Å². The molecule has 2 aromatic rings. The normalized spacial score (nSPS) is 11.2. The first-order valence-corrected chi connectivity index (χ1v) is 6.44. The van der Waals surface area contributed by atoms with Crippen LogP contribution in [-0.4, -0.2) is 16.6 Å². The van der Waals surface area contributed by atoms with Crippen molar-refractivity contribution in [2.75, 3.05) is 0 Å². The summed E-state index contributed by atoms with van der Waals surface area (Å²) in [5, 5.41) is 0.269. The van der Waals surface area contributed by atoms with Gasteiger partial charge in [-0.05, 0) is 24.1 Å². The second-order valence-electron chi connectivity index (χ2n) is 4.47. The van der Waals surface area contributed by atoms with Crippen LogP contribution in [-0.2, 0) is 0 Å². The van der Waals surface area contributed by atoms with E-state index >= 15 is 0 Å². The van der Waals surface area contributed by atoms with Gasteiger partial charge in [-0.1, -0.05) is 37.6 Å². The highest BCUT2D eigenvalue weighted by atomic mass is 35.5. The summed E-state index contributed by atoms with van der Waals surface area (Å²) < 4.78 is 29.3. The predicted octanol–water partition coefficient (Wildman–Crippen LogP) is 4.52. The van der Waals surface area contributed by atoms with E-state index in [4.69, 9.17) is 11.6 Å². The van der Waals surface area contributed by atoms with Gasteiger partial charge in [-0.25, -0.2) is 9.97 Å². The van der Waals surface area contributed by atoms with Crippen LogP contribution >= 0.6 is 11.6 Å². The van der Waals surface area contributed by atoms with Crippen molar-refractivity contribution in [3.05, 3.63) is 41.2 Å². The molecule has 0 saturated heterocycles. The van der Waals surface area contributed by atoms with Crippen LogP contribution in [0.5, 0.6) is 5.75 Å². The third-order valence-electron chi connectivity index (χ3n) is 2.65. The van der Waals surface area contributed by atoms with Crippen molar-refractivity contribution in [2.24, 2.45) is 0 Å². The summed E-state index contributed by atoms with van der Waals surface area (Å²) in [5.74, 6) is 0.453. The number of benzene rings is 1. The molecule has 0 radical (unpaired) electrons. The van der Waals surface area contributed by atoms with E-state index in [2.05, 4.69) is 14.7 Å². The molecule has 106 valence electrons. The van der Waals surface area contributed by atoms with E-state index in [1.165, 1.54) is 6.07 Å². The van der Waals surface area contributed by atoms with E-state index in [-0.39, 0.29) is 22.6 Å². The highest BCUT2D eigenvalue weighted by Crippen LogP contribution is 2.30. The Morgan fingerprint density at radius 3 is 2.50 bits per heavy atom. The molecule has 20 heavy (non-hydrogen) atoms. The Labute approximate surface area is 120 Å². The summed E-state index contributed by atoms with van der Waals surface area (Å²) in [7, 11) is 0. The summed E-state index contributed by atoms with van der Waals surface area (Å²) in [4.78, 5) is 8.43. The predicted molar refractivity (Wildman–Crippen MR) is 73.2 cm³/mol. The van der Waals surface area contributed by atoms with Gasteiger partial charge in [-0.3, -0.25) is 0 Å². The summed E-state index contributed by atoms with van der Waals surface area (Å²) in [5.41, 5.74) is 1.13. The first kappa shape index (κ1) is 14.7. The van der Waals surface area contributed by atoms with Crippen molar-refractivity contribution >= 4 is 11.6 Å². The Balaban J connectivity index is 2.51. The Hall–Kier alpha value is -1.75. The van der Waals surface area contributed by atoms with Crippen molar-refractivity contribution in [1.82, 2.24) is 9.97 Å². The summed E-state index contributed by atoms with van der Waals surface area (Å²) in [6, 6.07) is 8.03. The molecule has 2 rings (SSSR count). The van der Waals surface area contributed by atoms with Gasteiger partial charge in [0.25, 0.3) is 0 Å². The van der Waals surface area contributed by atoms with Crippen molar-refractivity contribution in [3.8, 4) is 17.1 Å². The van der Waals surface area contributed by atoms with Crippen LogP contribution in [0, 0.1) is 0 Å². The zero-order valence-corrected chi connectivity index (χ0v) is 11.7. The number of alkyl halides is 2. The fourth-order valence-corrected chi connectivity index (χ4v) is 1.89. The lowest BCUT2D eigenvalue weighted by atomic mass is 10.1. The summed E-state index contributed by atoms with van der Waals surface area (Å²) in [6.07, 6.45) is 0. The topological polar surface area (TPSA) is 35.0 Å². The minimum atomic E-state index is -2.90. The lowest BCUT2D eigenvalue weighted by Crippen LogP contribution is -2.05. The van der Waals surface area contributed by atoms with Crippen LogP contribution < -0.4 is 4.74 Å². The highest BCUT2D eigenvalue weighted by molar-refractivity contribution is 6.29. The minimum Gasteiger partial charge on any atom is -0.434 e. The molecular formula is C14H13ClF2N2O. The SMILES string of the molecule is CC(C)c1cc(Cl)nc(-c2ccccc2OC(F)F)n1. The maximum atomic E-state index is 12.4. The van der Waals surface area contributed by atoms with Gasteiger partial charge in [-0.15, -0.1) is 0 Å². The van der Waals surface area contributed by atoms with Crippen LogP contribution in [0.4, 0.5) is 8.78 Å². The zero-order chi connectivity index (χ0) is 14.7. The summed E-state index contributed by atoms with van der Waals surface area (Å²) >= 11 is 5.96. The van der Waals surface area contributed by atoms with Crippen LogP contribution in [0.2, 0.25) is 5.15 Å². The molecule has 0 spiro atoms. The first-order chi connectivity index (χ1) is 9.47. The number of rotatable bonds is 4. The fourth-order valence-electron chi connectivity index (χ4n) is 1.70. The third-order valence-corrected chi connectivity index (χ3v) is 2.84.